The highest BCUT2D eigenvalue weighted by Crippen LogP contribution is 2.10. The maximum absolute atomic E-state index is 2.65. The summed E-state index contributed by atoms with van der Waals surface area (Å²) in [5, 5.41) is 0. The summed E-state index contributed by atoms with van der Waals surface area (Å²) in [7, 11) is 0.367. The molecule has 0 unspecified atom stereocenters. The number of hydrogen-bond donors (Lipinski definition) is 0. The fraction of sp³-hybridized carbons (Fsp3) is 1.00. The molecule has 1 nitrogen and oxygen atoms in total. The Morgan fingerprint density at radius 1 is 1.33 bits per heavy atom. The van der Waals surface area contributed by atoms with E-state index in [4.69, 9.17) is 0 Å². The van der Waals surface area contributed by atoms with Gasteiger partial charge >= 0.3 is 0 Å². The van der Waals surface area contributed by atoms with Crippen molar-refractivity contribution in [2.75, 3.05) is 6.54 Å². The predicted molar refractivity (Wildman–Crippen MR) is 50.3 cm³/mol. The van der Waals surface area contributed by atoms with Gasteiger partial charge in [-0.25, -0.2) is 0 Å². The molecule has 0 rings (SSSR count). The van der Waals surface area contributed by atoms with Crippen molar-refractivity contribution in [2.24, 2.45) is 0 Å². The first-order valence-corrected chi connectivity index (χ1v) is 7.80. The first kappa shape index (κ1) is 9.39. The molecule has 3 heteroatoms. The van der Waals surface area contributed by atoms with Crippen LogP contribution in [0.1, 0.15) is 13.8 Å². The first-order chi connectivity index (χ1) is 4.04. The summed E-state index contributed by atoms with van der Waals surface area (Å²) in [6, 6.07) is 1.39. The largest absolute Gasteiger partial charge is 0.353 e. The van der Waals surface area contributed by atoms with Gasteiger partial charge < -0.3 is 4.23 Å². The topological polar surface area (TPSA) is 3.24 Å². The van der Waals surface area contributed by atoms with Crippen LogP contribution in [0.15, 0.2) is 0 Å². The van der Waals surface area contributed by atoms with E-state index in [0.717, 1.165) is 0 Å². The van der Waals surface area contributed by atoms with Crippen LogP contribution in [0, 0.1) is 0 Å². The second kappa shape index (κ2) is 3.53. The van der Waals surface area contributed by atoms with Crippen LogP contribution in [-0.2, 0) is 0 Å². The lowest BCUT2D eigenvalue weighted by Crippen LogP contribution is -2.46. The first-order valence-electron chi connectivity index (χ1n) is 3.75. The lowest BCUT2D eigenvalue weighted by molar-refractivity contribution is 0.687. The molecular formula is C6H19NSi2. The Hall–Kier alpha value is 0.394. The summed E-state index contributed by atoms with van der Waals surface area (Å²) in [6.45, 7) is 10.7. The van der Waals surface area contributed by atoms with Gasteiger partial charge in [0.1, 0.15) is 8.24 Å². The summed E-state index contributed by atoms with van der Waals surface area (Å²) in [6.07, 6.45) is 0. The van der Waals surface area contributed by atoms with Crippen LogP contribution in [-0.4, -0.2) is 29.4 Å². The van der Waals surface area contributed by atoms with Crippen LogP contribution in [0.5, 0.6) is 0 Å². The van der Waals surface area contributed by atoms with Crippen molar-refractivity contribution < 1.29 is 0 Å². The van der Waals surface area contributed by atoms with Crippen LogP contribution >= 0.6 is 0 Å². The minimum Gasteiger partial charge on any atom is -0.353 e. The van der Waals surface area contributed by atoms with Gasteiger partial charge in [0.15, 0.2) is 0 Å². The van der Waals surface area contributed by atoms with Gasteiger partial charge in [-0.1, -0.05) is 26.9 Å². The predicted octanol–water partition coefficient (Wildman–Crippen LogP) is 0.814. The molecule has 0 aromatic carbocycles. The van der Waals surface area contributed by atoms with Crippen LogP contribution in [0.25, 0.3) is 0 Å². The third-order valence-electron chi connectivity index (χ3n) is 2.37. The lowest BCUT2D eigenvalue weighted by Gasteiger charge is -2.31. The summed E-state index contributed by atoms with van der Waals surface area (Å²) in [4.78, 5) is 0. The highest BCUT2D eigenvalue weighted by molar-refractivity contribution is 6.78. The summed E-state index contributed by atoms with van der Waals surface area (Å²) in [5.74, 6) is 0. The fourth-order valence-corrected chi connectivity index (χ4v) is 3.04. The Morgan fingerprint density at radius 2 is 1.78 bits per heavy atom. The lowest BCUT2D eigenvalue weighted by atomic mass is 10.8. The Labute approximate surface area is 63.0 Å². The average Bonchev–Trinajstić information content (AvgIpc) is 1.86. The van der Waals surface area contributed by atoms with Gasteiger partial charge in [0, 0.05) is 0 Å². The Bertz CT molecular complexity index is 83.1. The molecule has 0 aliphatic heterocycles. The molecule has 0 aromatic heterocycles. The van der Waals surface area contributed by atoms with Crippen molar-refractivity contribution in [1.29, 1.82) is 0 Å². The molecule has 0 fully saturated rings. The van der Waals surface area contributed by atoms with E-state index in [1.54, 1.807) is 0 Å². The molecule has 0 heterocycles. The van der Waals surface area contributed by atoms with E-state index in [-0.39, 0.29) is 0 Å². The third-order valence-corrected chi connectivity index (χ3v) is 10.8. The Kier molecular flexibility index (Phi) is 3.69. The van der Waals surface area contributed by atoms with Crippen LogP contribution in [0.3, 0.4) is 0 Å². The molecule has 0 radical (unpaired) electrons. The zero-order chi connectivity index (χ0) is 7.49. The van der Waals surface area contributed by atoms with Crippen molar-refractivity contribution in [2.45, 2.75) is 33.0 Å². The van der Waals surface area contributed by atoms with E-state index in [0.29, 0.717) is 0 Å². The second-order valence-electron chi connectivity index (χ2n) is 3.18. The van der Waals surface area contributed by atoms with Crippen molar-refractivity contribution in [1.82, 2.24) is 4.23 Å². The van der Waals surface area contributed by atoms with Gasteiger partial charge in [-0.2, -0.15) is 0 Å². The average molecular weight is 161 g/mol. The molecule has 0 saturated heterocycles. The van der Waals surface area contributed by atoms with Crippen molar-refractivity contribution in [3.8, 4) is 0 Å². The van der Waals surface area contributed by atoms with Gasteiger partial charge in [-0.05, 0) is 12.6 Å². The molecule has 0 amide bonds. The monoisotopic (exact) mass is 161 g/mol. The van der Waals surface area contributed by atoms with E-state index in [2.05, 4.69) is 31.2 Å². The molecule has 0 N–H and O–H groups in total. The van der Waals surface area contributed by atoms with Gasteiger partial charge in [0.25, 0.3) is 0 Å². The third kappa shape index (κ3) is 2.64. The fourth-order valence-electron chi connectivity index (χ4n) is 0.698. The zero-order valence-corrected chi connectivity index (χ0v) is 10.4. The van der Waals surface area contributed by atoms with Gasteiger partial charge in [0.05, 0.1) is 10.4 Å². The molecule has 0 aliphatic rings. The SMILES string of the molecule is CCN([SiH3])[Si](C)(C)CC. The van der Waals surface area contributed by atoms with Crippen molar-refractivity contribution in [3.05, 3.63) is 0 Å². The van der Waals surface area contributed by atoms with E-state index < -0.39 is 8.24 Å². The summed E-state index contributed by atoms with van der Waals surface area (Å²) < 4.78 is 2.65. The minimum absolute atomic E-state index is 0.886. The number of rotatable bonds is 3. The highest BCUT2D eigenvalue weighted by atomic mass is 28.4. The maximum Gasteiger partial charge on any atom is 0.114 e. The van der Waals surface area contributed by atoms with Gasteiger partial charge in [-0.3, -0.25) is 0 Å². The van der Waals surface area contributed by atoms with E-state index in [1.165, 1.54) is 23.0 Å². The van der Waals surface area contributed by atoms with Crippen molar-refractivity contribution >= 4 is 18.6 Å². The highest BCUT2D eigenvalue weighted by Gasteiger charge is 2.21. The molecule has 0 aliphatic carbocycles. The normalized spacial score (nSPS) is 13.0. The molecule has 0 spiro atoms. The molecular weight excluding hydrogens is 142 g/mol. The smallest absolute Gasteiger partial charge is 0.114 e. The quantitative estimate of drug-likeness (QED) is 0.554. The zero-order valence-electron chi connectivity index (χ0n) is 7.36. The molecule has 0 atom stereocenters. The second-order valence-corrected chi connectivity index (χ2v) is 10.2. The Morgan fingerprint density at radius 3 is 1.89 bits per heavy atom. The molecule has 0 saturated carbocycles. The van der Waals surface area contributed by atoms with E-state index in [1.807, 2.05) is 0 Å². The van der Waals surface area contributed by atoms with E-state index in [9.17, 15) is 0 Å². The standard InChI is InChI=1S/C6H19NSi2/c1-5-7(8)9(3,4)6-2/h5-6H2,1-4,8H3. The maximum atomic E-state index is 2.65. The molecule has 9 heavy (non-hydrogen) atoms. The number of hydrogen-bond acceptors (Lipinski definition) is 1. The minimum atomic E-state index is -0.886. The molecule has 0 bridgehead atoms. The van der Waals surface area contributed by atoms with E-state index >= 15 is 0 Å². The van der Waals surface area contributed by atoms with Gasteiger partial charge in [-0.15, -0.1) is 0 Å². The number of nitrogens with zero attached hydrogens (tertiary/aromatic N) is 1. The Balaban J connectivity index is 3.80. The van der Waals surface area contributed by atoms with Crippen LogP contribution in [0.2, 0.25) is 19.1 Å². The van der Waals surface area contributed by atoms with Crippen molar-refractivity contribution in [3.63, 3.8) is 0 Å². The van der Waals surface area contributed by atoms with Gasteiger partial charge in [0.2, 0.25) is 0 Å². The van der Waals surface area contributed by atoms with Crippen LogP contribution < -0.4 is 0 Å². The molecule has 56 valence electrons. The van der Waals surface area contributed by atoms with Crippen LogP contribution in [0.4, 0.5) is 0 Å². The molecule has 0 aromatic rings. The summed E-state index contributed by atoms with van der Waals surface area (Å²) in [5.41, 5.74) is 0. The summed E-state index contributed by atoms with van der Waals surface area (Å²) >= 11 is 0.